The van der Waals surface area contributed by atoms with E-state index in [-0.39, 0.29) is 18.5 Å². The van der Waals surface area contributed by atoms with Gasteiger partial charge in [0.2, 0.25) is 5.91 Å². The van der Waals surface area contributed by atoms with Crippen molar-refractivity contribution in [2.24, 2.45) is 5.73 Å². The van der Waals surface area contributed by atoms with Crippen LogP contribution < -0.4 is 15.8 Å². The van der Waals surface area contributed by atoms with E-state index in [4.69, 9.17) is 15.2 Å². The van der Waals surface area contributed by atoms with E-state index in [1.54, 1.807) is 45.0 Å². The highest BCUT2D eigenvalue weighted by Gasteiger charge is 2.40. The molecule has 2 amide bonds. The minimum Gasteiger partial charge on any atom is -0.457 e. The summed E-state index contributed by atoms with van der Waals surface area (Å²) in [5.74, 6) is 1.10. The van der Waals surface area contributed by atoms with E-state index in [1.807, 2.05) is 30.3 Å². The molecular weight excluding hydrogens is 370 g/mol. The Balaban J connectivity index is 1.63. The molecule has 1 fully saturated rings. The highest BCUT2D eigenvalue weighted by atomic mass is 16.6. The van der Waals surface area contributed by atoms with Crippen molar-refractivity contribution in [1.29, 1.82) is 0 Å². The van der Waals surface area contributed by atoms with Gasteiger partial charge in [0.05, 0.1) is 0 Å². The summed E-state index contributed by atoms with van der Waals surface area (Å²) < 4.78 is 11.2. The third kappa shape index (κ3) is 5.71. The van der Waals surface area contributed by atoms with Crippen molar-refractivity contribution in [3.8, 4) is 11.5 Å². The lowest BCUT2D eigenvalue weighted by molar-refractivity contribution is -0.120. The van der Waals surface area contributed by atoms with Gasteiger partial charge in [-0.3, -0.25) is 9.69 Å². The molecule has 0 radical (unpaired) electrons. The van der Waals surface area contributed by atoms with Crippen LogP contribution in [0.1, 0.15) is 27.2 Å². The first-order chi connectivity index (χ1) is 13.7. The fourth-order valence-electron chi connectivity index (χ4n) is 3.10. The van der Waals surface area contributed by atoms with Gasteiger partial charge in [-0.1, -0.05) is 18.2 Å². The number of carbonyl (C=O) groups is 2. The molecule has 2 aromatic rings. The number of hydrogen-bond acceptors (Lipinski definition) is 5. The Hall–Kier alpha value is -3.06. The quantitative estimate of drug-likeness (QED) is 0.819. The lowest BCUT2D eigenvalue weighted by Crippen LogP contribution is -2.45. The van der Waals surface area contributed by atoms with E-state index in [2.05, 4.69) is 5.32 Å². The molecule has 3 rings (SSSR count). The fourth-order valence-corrected chi connectivity index (χ4v) is 3.10. The van der Waals surface area contributed by atoms with Crippen molar-refractivity contribution in [1.82, 2.24) is 4.90 Å². The second kappa shape index (κ2) is 8.53. The molecule has 1 heterocycles. The van der Waals surface area contributed by atoms with Crippen molar-refractivity contribution >= 4 is 17.7 Å². The lowest BCUT2D eigenvalue weighted by atomic mass is 10.1. The van der Waals surface area contributed by atoms with Gasteiger partial charge in [0, 0.05) is 18.3 Å². The maximum absolute atomic E-state index is 12.8. The van der Waals surface area contributed by atoms with Gasteiger partial charge in [0.1, 0.15) is 23.1 Å². The Morgan fingerprint density at radius 2 is 1.66 bits per heavy atom. The molecule has 3 N–H and O–H groups in total. The van der Waals surface area contributed by atoms with Gasteiger partial charge >= 0.3 is 6.09 Å². The van der Waals surface area contributed by atoms with Crippen LogP contribution in [0.2, 0.25) is 0 Å². The van der Waals surface area contributed by atoms with Crippen LogP contribution >= 0.6 is 0 Å². The van der Waals surface area contributed by atoms with Crippen molar-refractivity contribution < 1.29 is 19.1 Å². The van der Waals surface area contributed by atoms with Gasteiger partial charge in [-0.05, 0) is 63.6 Å². The van der Waals surface area contributed by atoms with Gasteiger partial charge in [0.15, 0.2) is 0 Å². The van der Waals surface area contributed by atoms with E-state index in [0.717, 1.165) is 5.75 Å². The Morgan fingerprint density at radius 1 is 1.03 bits per heavy atom. The highest BCUT2D eigenvalue weighted by Crippen LogP contribution is 2.25. The third-order valence-electron chi connectivity index (χ3n) is 4.36. The predicted molar refractivity (Wildman–Crippen MR) is 111 cm³/mol. The van der Waals surface area contributed by atoms with Crippen LogP contribution in [-0.2, 0) is 9.53 Å². The van der Waals surface area contributed by atoms with Crippen molar-refractivity contribution in [2.45, 2.75) is 44.9 Å². The molecule has 7 nitrogen and oxygen atoms in total. The average Bonchev–Trinajstić information content (AvgIpc) is 3.05. The molecule has 0 saturated carbocycles. The van der Waals surface area contributed by atoms with Gasteiger partial charge in [-0.15, -0.1) is 0 Å². The summed E-state index contributed by atoms with van der Waals surface area (Å²) in [5.41, 5.74) is 5.97. The second-order valence-corrected chi connectivity index (χ2v) is 8.07. The SMILES string of the molecule is CC(C)(C)OC(=O)N1CC(N)C[C@H]1C(=O)Nc1ccc(Oc2ccccc2)cc1. The number of likely N-dealkylation sites (tertiary alicyclic amines) is 1. The number of nitrogens with one attached hydrogen (secondary N) is 1. The zero-order valence-corrected chi connectivity index (χ0v) is 16.9. The van der Waals surface area contributed by atoms with Crippen molar-refractivity contribution in [3.63, 3.8) is 0 Å². The first-order valence-electron chi connectivity index (χ1n) is 9.60. The first kappa shape index (κ1) is 20.7. The van der Waals surface area contributed by atoms with Crippen molar-refractivity contribution in [2.75, 3.05) is 11.9 Å². The van der Waals surface area contributed by atoms with Crippen LogP contribution in [0.5, 0.6) is 11.5 Å². The van der Waals surface area contributed by atoms with E-state index >= 15 is 0 Å². The van der Waals surface area contributed by atoms with Crippen LogP contribution in [0, 0.1) is 0 Å². The molecule has 0 aliphatic carbocycles. The van der Waals surface area contributed by atoms with E-state index in [9.17, 15) is 9.59 Å². The van der Waals surface area contributed by atoms with E-state index in [1.165, 1.54) is 4.90 Å². The number of anilines is 1. The van der Waals surface area contributed by atoms with Crippen LogP contribution in [-0.4, -0.2) is 41.1 Å². The third-order valence-corrected chi connectivity index (χ3v) is 4.36. The zero-order valence-electron chi connectivity index (χ0n) is 16.9. The summed E-state index contributed by atoms with van der Waals surface area (Å²) in [6.45, 7) is 5.65. The molecular formula is C22H27N3O4. The van der Waals surface area contributed by atoms with Crippen LogP contribution in [0.4, 0.5) is 10.5 Å². The molecule has 1 saturated heterocycles. The van der Waals surface area contributed by atoms with Gasteiger partial charge in [-0.25, -0.2) is 4.79 Å². The first-order valence-corrected chi connectivity index (χ1v) is 9.60. The molecule has 0 bridgehead atoms. The van der Waals surface area contributed by atoms with Gasteiger partial charge < -0.3 is 20.5 Å². The molecule has 0 spiro atoms. The number of nitrogens with zero attached hydrogens (tertiary/aromatic N) is 1. The van der Waals surface area contributed by atoms with Crippen LogP contribution in [0.3, 0.4) is 0 Å². The normalized spacial score (nSPS) is 19.0. The maximum Gasteiger partial charge on any atom is 0.411 e. The Kier molecular flexibility index (Phi) is 6.08. The van der Waals surface area contributed by atoms with Gasteiger partial charge in [-0.2, -0.15) is 0 Å². The van der Waals surface area contributed by atoms with Crippen molar-refractivity contribution in [3.05, 3.63) is 54.6 Å². The summed E-state index contributed by atoms with van der Waals surface area (Å²) in [7, 11) is 0. The number of nitrogens with two attached hydrogens (primary N) is 1. The fraction of sp³-hybridized carbons (Fsp3) is 0.364. The molecule has 1 aliphatic rings. The van der Waals surface area contributed by atoms with Crippen LogP contribution in [0.15, 0.2) is 54.6 Å². The van der Waals surface area contributed by atoms with E-state index < -0.39 is 17.7 Å². The second-order valence-electron chi connectivity index (χ2n) is 8.07. The lowest BCUT2D eigenvalue weighted by Gasteiger charge is -2.28. The molecule has 1 unspecified atom stereocenters. The molecule has 0 aromatic heterocycles. The standard InChI is InChI=1S/C22H27N3O4/c1-22(2,3)29-21(27)25-14-15(23)13-19(25)20(26)24-16-9-11-18(12-10-16)28-17-7-5-4-6-8-17/h4-12,15,19H,13-14,23H2,1-3H3,(H,24,26)/t15?,19-/m0/s1. The summed E-state index contributed by atoms with van der Waals surface area (Å²) >= 11 is 0. The van der Waals surface area contributed by atoms with E-state index in [0.29, 0.717) is 17.9 Å². The van der Waals surface area contributed by atoms with Gasteiger partial charge in [0.25, 0.3) is 0 Å². The van der Waals surface area contributed by atoms with Crippen LogP contribution in [0.25, 0.3) is 0 Å². The smallest absolute Gasteiger partial charge is 0.411 e. The summed E-state index contributed by atoms with van der Waals surface area (Å²) in [6.07, 6.45) is -0.141. The minimum atomic E-state index is -0.667. The number of amides is 2. The number of para-hydroxylation sites is 1. The topological polar surface area (TPSA) is 93.9 Å². The predicted octanol–water partition coefficient (Wildman–Crippen LogP) is 3.75. The molecule has 2 aromatic carbocycles. The maximum atomic E-state index is 12.8. The number of rotatable bonds is 4. The molecule has 7 heteroatoms. The molecule has 29 heavy (non-hydrogen) atoms. The number of benzene rings is 2. The Labute approximate surface area is 170 Å². The summed E-state index contributed by atoms with van der Waals surface area (Å²) in [4.78, 5) is 26.6. The molecule has 1 aliphatic heterocycles. The molecule has 154 valence electrons. The average molecular weight is 397 g/mol. The largest absolute Gasteiger partial charge is 0.457 e. The summed E-state index contributed by atoms with van der Waals surface area (Å²) in [6, 6.07) is 15.6. The minimum absolute atomic E-state index is 0.264. The number of carbonyl (C=O) groups excluding carboxylic acids is 2. The molecule has 2 atom stereocenters. The highest BCUT2D eigenvalue weighted by molar-refractivity contribution is 5.97. The number of hydrogen-bond donors (Lipinski definition) is 2. The summed E-state index contributed by atoms with van der Waals surface area (Å²) in [5, 5.41) is 2.84. The Bertz CT molecular complexity index is 847. The number of ether oxygens (including phenoxy) is 2. The Morgan fingerprint density at radius 3 is 2.28 bits per heavy atom. The zero-order chi connectivity index (χ0) is 21.0. The monoisotopic (exact) mass is 397 g/mol.